The summed E-state index contributed by atoms with van der Waals surface area (Å²) in [5.74, 6) is 0.769. The first-order valence-electron chi connectivity index (χ1n) is 8.54. The van der Waals surface area contributed by atoms with Crippen molar-refractivity contribution in [1.82, 2.24) is 14.7 Å². The number of hydrogen-bond donors (Lipinski definition) is 2. The minimum Gasteiger partial charge on any atom is -0.369 e. The summed E-state index contributed by atoms with van der Waals surface area (Å²) < 4.78 is 24.9. The Bertz CT molecular complexity index is 559. The van der Waals surface area contributed by atoms with Crippen LogP contribution in [0.25, 0.3) is 0 Å². The molecule has 8 heteroatoms. The van der Waals surface area contributed by atoms with E-state index in [0.717, 1.165) is 32.2 Å². The fraction of sp³-hybridized carbons (Fsp3) is 0.933. The Morgan fingerprint density at radius 1 is 1.13 bits per heavy atom. The summed E-state index contributed by atoms with van der Waals surface area (Å²) in [4.78, 5) is 11.8. The number of rotatable bonds is 3. The van der Waals surface area contributed by atoms with Gasteiger partial charge in [0, 0.05) is 31.7 Å². The molecule has 0 radical (unpaired) electrons. The van der Waals surface area contributed by atoms with E-state index in [1.54, 1.807) is 4.31 Å². The molecule has 3 aliphatic heterocycles. The summed E-state index contributed by atoms with van der Waals surface area (Å²) in [7, 11) is -3.07. The number of nitrogens with two attached hydrogens (primary N) is 1. The van der Waals surface area contributed by atoms with Crippen LogP contribution in [0.3, 0.4) is 0 Å². The predicted octanol–water partition coefficient (Wildman–Crippen LogP) is -0.253. The number of primary amides is 1. The first-order chi connectivity index (χ1) is 10.8. The van der Waals surface area contributed by atoms with Crippen molar-refractivity contribution < 1.29 is 13.2 Å². The number of sulfonamides is 1. The van der Waals surface area contributed by atoms with Crippen LogP contribution < -0.4 is 11.2 Å². The third-order valence-corrected chi connectivity index (χ3v) is 7.27. The molecule has 3 N–H and O–H groups in total. The summed E-state index contributed by atoms with van der Waals surface area (Å²) in [6.07, 6.45) is 5.22. The SMILES string of the molecule is CC1NN2CCC(C3CCN(S(C)(=O)=O)CC3)CC2C1C(N)=O. The lowest BCUT2D eigenvalue weighted by atomic mass is 9.74. The monoisotopic (exact) mass is 344 g/mol. The third-order valence-electron chi connectivity index (χ3n) is 5.97. The summed E-state index contributed by atoms with van der Waals surface area (Å²) in [6.45, 7) is 4.22. The first kappa shape index (κ1) is 17.1. The lowest BCUT2D eigenvalue weighted by Gasteiger charge is -2.41. The second-order valence-electron chi connectivity index (χ2n) is 7.39. The van der Waals surface area contributed by atoms with Crippen molar-refractivity contribution in [2.24, 2.45) is 23.5 Å². The van der Waals surface area contributed by atoms with Gasteiger partial charge in [0.05, 0.1) is 12.2 Å². The highest BCUT2D eigenvalue weighted by Gasteiger charge is 2.47. The van der Waals surface area contributed by atoms with E-state index in [1.165, 1.54) is 6.26 Å². The van der Waals surface area contributed by atoms with Gasteiger partial charge in [0.25, 0.3) is 0 Å². The average molecular weight is 344 g/mol. The number of carbonyl (C=O) groups excluding carboxylic acids is 1. The molecule has 132 valence electrons. The second-order valence-corrected chi connectivity index (χ2v) is 9.37. The summed E-state index contributed by atoms with van der Waals surface area (Å²) in [5.41, 5.74) is 8.99. The highest BCUT2D eigenvalue weighted by Crippen LogP contribution is 2.39. The molecule has 3 aliphatic rings. The molecule has 4 atom stereocenters. The van der Waals surface area contributed by atoms with Gasteiger partial charge in [-0.05, 0) is 44.4 Å². The minimum atomic E-state index is -3.07. The largest absolute Gasteiger partial charge is 0.369 e. The van der Waals surface area contributed by atoms with Crippen molar-refractivity contribution in [3.8, 4) is 0 Å². The van der Waals surface area contributed by atoms with E-state index >= 15 is 0 Å². The summed E-state index contributed by atoms with van der Waals surface area (Å²) in [5, 5.41) is 2.20. The Labute approximate surface area is 138 Å². The van der Waals surface area contributed by atoms with Crippen LogP contribution in [0.5, 0.6) is 0 Å². The van der Waals surface area contributed by atoms with Crippen molar-refractivity contribution in [3.05, 3.63) is 0 Å². The maximum Gasteiger partial charge on any atom is 0.223 e. The zero-order valence-electron chi connectivity index (χ0n) is 13.9. The topological polar surface area (TPSA) is 95.7 Å². The molecule has 23 heavy (non-hydrogen) atoms. The number of nitrogens with zero attached hydrogens (tertiary/aromatic N) is 2. The Kier molecular flexibility index (Phi) is 4.70. The molecule has 1 amide bonds. The van der Waals surface area contributed by atoms with Crippen molar-refractivity contribution >= 4 is 15.9 Å². The number of nitrogens with one attached hydrogen (secondary N) is 1. The molecule has 0 bridgehead atoms. The fourth-order valence-corrected chi connectivity index (χ4v) is 5.62. The van der Waals surface area contributed by atoms with E-state index in [9.17, 15) is 13.2 Å². The molecule has 3 heterocycles. The Balaban J connectivity index is 1.62. The van der Waals surface area contributed by atoms with Crippen LogP contribution in [0.15, 0.2) is 0 Å². The van der Waals surface area contributed by atoms with Gasteiger partial charge < -0.3 is 5.73 Å². The van der Waals surface area contributed by atoms with Crippen molar-refractivity contribution in [2.45, 2.75) is 44.7 Å². The van der Waals surface area contributed by atoms with E-state index in [2.05, 4.69) is 10.4 Å². The fourth-order valence-electron chi connectivity index (χ4n) is 4.74. The van der Waals surface area contributed by atoms with Crippen molar-refractivity contribution in [2.75, 3.05) is 25.9 Å². The lowest BCUT2D eigenvalue weighted by Crippen LogP contribution is -2.49. The van der Waals surface area contributed by atoms with Crippen LogP contribution in [0, 0.1) is 17.8 Å². The van der Waals surface area contributed by atoms with Crippen molar-refractivity contribution in [1.29, 1.82) is 0 Å². The highest BCUT2D eigenvalue weighted by atomic mass is 32.2. The molecule has 0 aromatic carbocycles. The molecule has 0 aliphatic carbocycles. The Hall–Kier alpha value is -0.700. The van der Waals surface area contributed by atoms with Crippen LogP contribution in [-0.2, 0) is 14.8 Å². The number of carbonyl (C=O) groups is 1. The standard InChI is InChI=1S/C15H28N4O3S/c1-10-14(15(16)20)13-9-12(5-8-19(13)17-10)11-3-6-18(7-4-11)23(2,21)22/h10-14,17H,3-9H2,1-2H3,(H2,16,20). The average Bonchev–Trinajstić information content (AvgIpc) is 2.81. The number of fused-ring (bicyclic) bond motifs is 1. The lowest BCUT2D eigenvalue weighted by molar-refractivity contribution is -0.123. The molecule has 0 aromatic rings. The third kappa shape index (κ3) is 3.40. The van der Waals surface area contributed by atoms with Gasteiger partial charge in [0.15, 0.2) is 0 Å². The van der Waals surface area contributed by atoms with Gasteiger partial charge >= 0.3 is 0 Å². The van der Waals surface area contributed by atoms with Crippen LogP contribution in [0.4, 0.5) is 0 Å². The molecule has 0 spiro atoms. The van der Waals surface area contributed by atoms with E-state index in [0.29, 0.717) is 24.9 Å². The Morgan fingerprint density at radius 2 is 1.74 bits per heavy atom. The minimum absolute atomic E-state index is 0.100. The van der Waals surface area contributed by atoms with Crippen LogP contribution >= 0.6 is 0 Å². The van der Waals surface area contributed by atoms with Gasteiger partial charge in [-0.2, -0.15) is 0 Å². The van der Waals surface area contributed by atoms with E-state index < -0.39 is 10.0 Å². The van der Waals surface area contributed by atoms with Gasteiger partial charge in [-0.1, -0.05) is 0 Å². The summed E-state index contributed by atoms with van der Waals surface area (Å²) in [6, 6.07) is 0.289. The number of amides is 1. The smallest absolute Gasteiger partial charge is 0.223 e. The highest BCUT2D eigenvalue weighted by molar-refractivity contribution is 7.88. The zero-order chi connectivity index (χ0) is 16.8. The van der Waals surface area contributed by atoms with Gasteiger partial charge in [0.2, 0.25) is 15.9 Å². The van der Waals surface area contributed by atoms with E-state index in [1.807, 2.05) is 6.92 Å². The molecule has 3 fully saturated rings. The number of piperidine rings is 2. The van der Waals surface area contributed by atoms with Gasteiger partial charge in [-0.3, -0.25) is 10.2 Å². The van der Waals surface area contributed by atoms with Crippen LogP contribution in [0.1, 0.15) is 32.6 Å². The molecule has 0 saturated carbocycles. The maximum atomic E-state index is 11.8. The number of hydrazine groups is 1. The van der Waals surface area contributed by atoms with E-state index in [4.69, 9.17) is 5.73 Å². The van der Waals surface area contributed by atoms with E-state index in [-0.39, 0.29) is 23.9 Å². The van der Waals surface area contributed by atoms with Gasteiger partial charge in [-0.25, -0.2) is 17.7 Å². The maximum absolute atomic E-state index is 11.8. The van der Waals surface area contributed by atoms with Crippen LogP contribution in [-0.4, -0.2) is 61.6 Å². The number of hydrogen-bond acceptors (Lipinski definition) is 5. The molecule has 3 saturated heterocycles. The quantitative estimate of drug-likeness (QED) is 0.736. The first-order valence-corrected chi connectivity index (χ1v) is 10.4. The van der Waals surface area contributed by atoms with Gasteiger partial charge in [-0.15, -0.1) is 0 Å². The molecule has 0 aromatic heterocycles. The van der Waals surface area contributed by atoms with Crippen LogP contribution in [0.2, 0.25) is 0 Å². The molecular weight excluding hydrogens is 316 g/mol. The zero-order valence-corrected chi connectivity index (χ0v) is 14.8. The van der Waals surface area contributed by atoms with Gasteiger partial charge in [0.1, 0.15) is 0 Å². The predicted molar refractivity (Wildman–Crippen MR) is 87.6 cm³/mol. The summed E-state index contributed by atoms with van der Waals surface area (Å²) >= 11 is 0. The molecule has 7 nitrogen and oxygen atoms in total. The second kappa shape index (κ2) is 6.31. The Morgan fingerprint density at radius 3 is 2.30 bits per heavy atom. The van der Waals surface area contributed by atoms with Crippen molar-refractivity contribution in [3.63, 3.8) is 0 Å². The normalized spacial score (nSPS) is 37.7. The molecule has 3 rings (SSSR count). The molecular formula is C15H28N4O3S. The molecule has 4 unspecified atom stereocenters.